The van der Waals surface area contributed by atoms with Crippen LogP contribution in [0.2, 0.25) is 0 Å². The minimum absolute atomic E-state index is 0.0276. The molecule has 33 heavy (non-hydrogen) atoms. The molecule has 0 aromatic heterocycles. The smallest absolute Gasteiger partial charge is 0.416 e. The molecule has 0 aliphatic rings. The molecule has 5 nitrogen and oxygen atoms in total. The molecule has 0 saturated heterocycles. The van der Waals surface area contributed by atoms with Crippen LogP contribution < -0.4 is 4.74 Å². The molecule has 0 fully saturated rings. The van der Waals surface area contributed by atoms with Crippen LogP contribution in [-0.2, 0) is 25.5 Å². The van der Waals surface area contributed by atoms with Crippen molar-refractivity contribution in [2.45, 2.75) is 50.8 Å². The Morgan fingerprint density at radius 2 is 1.73 bits per heavy atom. The number of hydrogen-bond donors (Lipinski definition) is 0. The topological polar surface area (TPSA) is 69.7 Å². The first-order valence-corrected chi connectivity index (χ1v) is 11.8. The van der Waals surface area contributed by atoms with Crippen LogP contribution in [0.1, 0.15) is 50.8 Å². The molecular formula is C24H25F3O5S. The summed E-state index contributed by atoms with van der Waals surface area (Å²) in [5, 5.41) is 0. The average Bonchev–Trinajstić information content (AvgIpc) is 2.69. The molecule has 0 spiro atoms. The lowest BCUT2D eigenvalue weighted by atomic mass is 10.1. The van der Waals surface area contributed by atoms with Crippen LogP contribution in [0.3, 0.4) is 0 Å². The Kier molecular flexibility index (Phi) is 8.20. The highest BCUT2D eigenvalue weighted by Crippen LogP contribution is 2.32. The summed E-state index contributed by atoms with van der Waals surface area (Å²) >= 11 is 0. The summed E-state index contributed by atoms with van der Waals surface area (Å²) < 4.78 is 74.6. The first-order chi connectivity index (χ1) is 15.2. The molecule has 178 valence electrons. The van der Waals surface area contributed by atoms with E-state index in [1.54, 1.807) is 33.8 Å². The minimum Gasteiger partial charge on any atom is -0.481 e. The monoisotopic (exact) mass is 482 g/mol. The van der Waals surface area contributed by atoms with Crippen molar-refractivity contribution in [3.05, 3.63) is 59.2 Å². The van der Waals surface area contributed by atoms with Crippen LogP contribution in [0.5, 0.6) is 5.75 Å². The van der Waals surface area contributed by atoms with Gasteiger partial charge in [-0.1, -0.05) is 24.8 Å². The van der Waals surface area contributed by atoms with Gasteiger partial charge in [-0.25, -0.2) is 13.2 Å². The lowest BCUT2D eigenvalue weighted by Crippen LogP contribution is -2.27. The number of carbonyl (C=O) groups excluding carboxylic acids is 1. The van der Waals surface area contributed by atoms with Crippen molar-refractivity contribution in [3.8, 4) is 17.6 Å². The molecule has 2 aromatic rings. The van der Waals surface area contributed by atoms with Crippen molar-refractivity contribution < 1.29 is 35.9 Å². The van der Waals surface area contributed by atoms with Gasteiger partial charge in [0.2, 0.25) is 0 Å². The molecule has 9 heteroatoms. The Labute approximate surface area is 191 Å². The molecule has 2 aromatic carbocycles. The van der Waals surface area contributed by atoms with E-state index in [1.807, 2.05) is 0 Å². The summed E-state index contributed by atoms with van der Waals surface area (Å²) in [6.45, 7) is 6.26. The number of carbonyl (C=O) groups is 1. The molecule has 0 heterocycles. The molecule has 0 unspecified atom stereocenters. The van der Waals surface area contributed by atoms with E-state index < -0.39 is 39.8 Å². The van der Waals surface area contributed by atoms with E-state index in [0.717, 1.165) is 18.2 Å². The van der Waals surface area contributed by atoms with E-state index >= 15 is 0 Å². The first-order valence-electron chi connectivity index (χ1n) is 10.1. The summed E-state index contributed by atoms with van der Waals surface area (Å²) in [6, 6.07) is 8.59. The second kappa shape index (κ2) is 10.3. The van der Waals surface area contributed by atoms with E-state index in [1.165, 1.54) is 18.2 Å². The lowest BCUT2D eigenvalue weighted by molar-refractivity contribution is -0.157. The molecule has 0 aliphatic heterocycles. The van der Waals surface area contributed by atoms with Crippen LogP contribution in [0.4, 0.5) is 13.2 Å². The fourth-order valence-corrected chi connectivity index (χ4v) is 4.10. The third-order valence-electron chi connectivity index (χ3n) is 4.08. The van der Waals surface area contributed by atoms with Crippen LogP contribution in [-0.4, -0.2) is 32.3 Å². The van der Waals surface area contributed by atoms with Crippen LogP contribution in [0.15, 0.2) is 47.4 Å². The molecule has 0 saturated carbocycles. The third-order valence-corrected chi connectivity index (χ3v) is 6.00. The lowest BCUT2D eigenvalue weighted by Gasteiger charge is -2.19. The number of hydrogen-bond acceptors (Lipinski definition) is 5. The largest absolute Gasteiger partial charge is 0.481 e. The Bertz CT molecular complexity index is 1170. The summed E-state index contributed by atoms with van der Waals surface area (Å²) in [4.78, 5) is 12.0. The van der Waals surface area contributed by atoms with E-state index in [-0.39, 0.29) is 22.0 Å². The van der Waals surface area contributed by atoms with E-state index in [9.17, 15) is 26.4 Å². The standard InChI is InChI=1S/C24H25F3O5S/c1-5-13-33(29,30)20-8-6-7-17(14-20)9-10-18-15-19(24(25,26)27)11-12-21(18)31-16-22(28)32-23(2,3)4/h6-8,11-12,14-15H,5,13,16H2,1-4H3. The Morgan fingerprint density at radius 1 is 1.03 bits per heavy atom. The summed E-state index contributed by atoms with van der Waals surface area (Å²) in [6.07, 6.45) is -4.16. The number of rotatable bonds is 6. The second-order valence-electron chi connectivity index (χ2n) is 8.18. The summed E-state index contributed by atoms with van der Waals surface area (Å²) in [5.74, 6) is 4.54. The third kappa shape index (κ3) is 8.13. The van der Waals surface area contributed by atoms with E-state index in [4.69, 9.17) is 9.47 Å². The molecule has 2 rings (SSSR count). The molecule has 0 atom stereocenters. The van der Waals surface area contributed by atoms with Gasteiger partial charge in [-0.3, -0.25) is 0 Å². The van der Waals surface area contributed by atoms with Crippen molar-refractivity contribution in [2.75, 3.05) is 12.4 Å². The molecule has 0 radical (unpaired) electrons. The van der Waals surface area contributed by atoms with Gasteiger partial charge in [0.05, 0.1) is 21.8 Å². The number of esters is 1. The van der Waals surface area contributed by atoms with Gasteiger partial charge in [0.15, 0.2) is 16.4 Å². The van der Waals surface area contributed by atoms with Gasteiger partial charge >= 0.3 is 12.1 Å². The first kappa shape index (κ1) is 26.3. The maximum absolute atomic E-state index is 13.2. The fourth-order valence-electron chi connectivity index (χ4n) is 2.73. The Hall–Kier alpha value is -2.99. The Balaban J connectivity index is 2.39. The highest BCUT2D eigenvalue weighted by atomic mass is 32.2. The molecular weight excluding hydrogens is 457 g/mol. The minimum atomic E-state index is -4.60. The second-order valence-corrected chi connectivity index (χ2v) is 10.3. The Morgan fingerprint density at radius 3 is 2.33 bits per heavy atom. The quantitative estimate of drug-likeness (QED) is 0.428. The van der Waals surface area contributed by atoms with Crippen LogP contribution >= 0.6 is 0 Å². The summed E-state index contributed by atoms with van der Waals surface area (Å²) in [7, 11) is -3.48. The van der Waals surface area contributed by atoms with Crippen molar-refractivity contribution in [1.29, 1.82) is 0 Å². The zero-order chi connectivity index (χ0) is 24.9. The van der Waals surface area contributed by atoms with E-state index in [2.05, 4.69) is 11.8 Å². The average molecular weight is 483 g/mol. The number of alkyl halides is 3. The predicted octanol–water partition coefficient (Wildman–Crippen LogP) is 5.01. The highest BCUT2D eigenvalue weighted by Gasteiger charge is 2.31. The van der Waals surface area contributed by atoms with E-state index in [0.29, 0.717) is 12.0 Å². The van der Waals surface area contributed by atoms with Crippen LogP contribution in [0.25, 0.3) is 0 Å². The highest BCUT2D eigenvalue weighted by molar-refractivity contribution is 7.91. The fraction of sp³-hybridized carbons (Fsp3) is 0.375. The SMILES string of the molecule is CCCS(=O)(=O)c1cccc(C#Cc2cc(C(F)(F)F)ccc2OCC(=O)OC(C)(C)C)c1. The van der Waals surface area contributed by atoms with Gasteiger partial charge in [0, 0.05) is 5.56 Å². The van der Waals surface area contributed by atoms with Gasteiger partial charge in [-0.15, -0.1) is 0 Å². The normalized spacial score (nSPS) is 12.0. The van der Waals surface area contributed by atoms with Gasteiger partial charge in [-0.2, -0.15) is 13.2 Å². The summed E-state index contributed by atoms with van der Waals surface area (Å²) in [5.41, 5.74) is -1.47. The number of benzene rings is 2. The van der Waals surface area contributed by atoms with Crippen molar-refractivity contribution in [2.24, 2.45) is 0 Å². The zero-order valence-corrected chi connectivity index (χ0v) is 19.6. The number of ether oxygens (including phenoxy) is 2. The van der Waals surface area contributed by atoms with Gasteiger partial charge in [0.1, 0.15) is 11.4 Å². The number of halogens is 3. The maximum Gasteiger partial charge on any atom is 0.416 e. The van der Waals surface area contributed by atoms with Crippen molar-refractivity contribution in [1.82, 2.24) is 0 Å². The molecule has 0 amide bonds. The number of sulfone groups is 1. The zero-order valence-electron chi connectivity index (χ0n) is 18.7. The molecule has 0 aliphatic carbocycles. The van der Waals surface area contributed by atoms with Gasteiger partial charge in [-0.05, 0) is 63.6 Å². The molecule has 0 bridgehead atoms. The molecule has 0 N–H and O–H groups in total. The van der Waals surface area contributed by atoms with Gasteiger partial charge < -0.3 is 9.47 Å². The van der Waals surface area contributed by atoms with Crippen molar-refractivity contribution in [3.63, 3.8) is 0 Å². The maximum atomic E-state index is 13.2. The van der Waals surface area contributed by atoms with Crippen LogP contribution in [0, 0.1) is 11.8 Å². The van der Waals surface area contributed by atoms with Gasteiger partial charge in [0.25, 0.3) is 0 Å². The predicted molar refractivity (Wildman–Crippen MR) is 118 cm³/mol. The van der Waals surface area contributed by atoms with Crippen molar-refractivity contribution >= 4 is 15.8 Å².